The van der Waals surface area contributed by atoms with Gasteiger partial charge in [-0.05, 0) is 16.7 Å². The summed E-state index contributed by atoms with van der Waals surface area (Å²) < 4.78 is 6.68. The van der Waals surface area contributed by atoms with Crippen LogP contribution in [0.4, 0.5) is 0 Å². The van der Waals surface area contributed by atoms with Crippen LogP contribution in [0.1, 0.15) is 23.7 Å². The number of rotatable bonds is 4. The second-order valence-electron chi connectivity index (χ2n) is 7.39. The van der Waals surface area contributed by atoms with Crippen LogP contribution in [0.5, 0.6) is 0 Å². The van der Waals surface area contributed by atoms with E-state index in [9.17, 15) is 0 Å². The van der Waals surface area contributed by atoms with Gasteiger partial charge in [0.05, 0.1) is 5.38 Å². The smallest absolute Gasteiger partial charge is 0.156 e. The molecular weight excluding hydrogens is 332 g/mol. The average Bonchev–Trinajstić information content (AvgIpc) is 3.16. The van der Waals surface area contributed by atoms with Crippen molar-refractivity contribution in [1.82, 2.24) is 0 Å². The summed E-state index contributed by atoms with van der Waals surface area (Å²) in [5, 5.41) is 2.64. The quantitative estimate of drug-likeness (QED) is 0.544. The lowest BCUT2D eigenvalue weighted by Crippen LogP contribution is -2.44. The number of benzene rings is 3. The first kappa shape index (κ1) is 16.9. The van der Waals surface area contributed by atoms with E-state index in [1.165, 1.54) is 27.3 Å². The molecule has 1 unspecified atom stereocenters. The molecule has 1 aliphatic heterocycles. The van der Waals surface area contributed by atoms with Crippen LogP contribution < -0.4 is 5.19 Å². The number of hydrogen-bond donors (Lipinski definition) is 0. The fourth-order valence-corrected chi connectivity index (χ4v) is 6.51. The van der Waals surface area contributed by atoms with Crippen LogP contribution in [0.15, 0.2) is 96.4 Å². The highest BCUT2D eigenvalue weighted by Gasteiger charge is 2.39. The van der Waals surface area contributed by atoms with Gasteiger partial charge in [-0.15, -0.1) is 0 Å². The molecule has 0 radical (unpaired) electrons. The fraction of sp³-hybridized carbons (Fsp3) is 0.167. The Bertz CT molecular complexity index is 899. The molecule has 0 bridgehead atoms. The van der Waals surface area contributed by atoms with Crippen LogP contribution in [0.3, 0.4) is 0 Å². The topological polar surface area (TPSA) is 9.23 Å². The van der Waals surface area contributed by atoms with Gasteiger partial charge in [-0.3, -0.25) is 0 Å². The average molecular weight is 357 g/mol. The molecule has 0 saturated heterocycles. The minimum Gasteiger partial charge on any atom is -0.494 e. The zero-order valence-electron chi connectivity index (χ0n) is 15.4. The maximum Gasteiger partial charge on any atom is 0.156 e. The van der Waals surface area contributed by atoms with Crippen LogP contribution in [0.2, 0.25) is 13.1 Å². The third kappa shape index (κ3) is 3.13. The zero-order valence-corrected chi connectivity index (χ0v) is 16.4. The third-order valence-corrected chi connectivity index (χ3v) is 8.61. The van der Waals surface area contributed by atoms with E-state index in [0.717, 1.165) is 6.42 Å². The Kier molecular flexibility index (Phi) is 4.52. The monoisotopic (exact) mass is 356 g/mol. The zero-order chi connectivity index (χ0) is 18.0. The lowest BCUT2D eigenvalue weighted by molar-refractivity contribution is 0.160. The van der Waals surface area contributed by atoms with Crippen molar-refractivity contribution in [3.8, 4) is 0 Å². The molecule has 1 aliphatic rings. The summed E-state index contributed by atoms with van der Waals surface area (Å²) in [7, 11) is -1.91. The van der Waals surface area contributed by atoms with E-state index in [1.54, 1.807) is 0 Å². The molecule has 0 saturated carbocycles. The maximum atomic E-state index is 6.68. The van der Waals surface area contributed by atoms with Gasteiger partial charge in [-0.1, -0.05) is 109 Å². The maximum absolute atomic E-state index is 6.68. The molecule has 0 fully saturated rings. The molecule has 0 spiro atoms. The van der Waals surface area contributed by atoms with Crippen LogP contribution in [-0.4, -0.2) is 8.07 Å². The summed E-state index contributed by atoms with van der Waals surface area (Å²) in [6.07, 6.45) is 1.05. The van der Waals surface area contributed by atoms with Crippen molar-refractivity contribution in [3.63, 3.8) is 0 Å². The molecule has 3 aromatic carbocycles. The molecule has 3 aromatic rings. The molecule has 26 heavy (non-hydrogen) atoms. The summed E-state index contributed by atoms with van der Waals surface area (Å²) in [6, 6.07) is 32.2. The van der Waals surface area contributed by atoms with Gasteiger partial charge in [-0.2, -0.15) is 0 Å². The van der Waals surface area contributed by atoms with Gasteiger partial charge in [0, 0.05) is 6.42 Å². The van der Waals surface area contributed by atoms with Crippen LogP contribution in [0, 0.1) is 0 Å². The van der Waals surface area contributed by atoms with Crippen molar-refractivity contribution in [3.05, 3.63) is 108 Å². The second kappa shape index (κ2) is 6.97. The van der Waals surface area contributed by atoms with Gasteiger partial charge in [0.1, 0.15) is 6.10 Å². The highest BCUT2D eigenvalue weighted by Crippen LogP contribution is 2.44. The summed E-state index contributed by atoms with van der Waals surface area (Å²) in [4.78, 5) is 0. The Balaban J connectivity index is 1.79. The van der Waals surface area contributed by atoms with Gasteiger partial charge >= 0.3 is 0 Å². The summed E-state index contributed by atoms with van der Waals surface area (Å²) in [5.41, 5.74) is 3.92. The molecule has 4 rings (SSSR count). The molecule has 0 N–H and O–H groups in total. The SMILES string of the molecule is C[Si](C)(C1=C(c2ccccc2)CC(c2ccccc2)O1)c1ccccc1. The number of ether oxygens (including phenoxy) is 1. The lowest BCUT2D eigenvalue weighted by atomic mass is 9.99. The Labute approximate surface area is 157 Å². The van der Waals surface area contributed by atoms with E-state index >= 15 is 0 Å². The summed E-state index contributed by atoms with van der Waals surface area (Å²) in [5.74, 6) is 0. The normalized spacial score (nSPS) is 17.2. The van der Waals surface area contributed by atoms with Crippen LogP contribution in [0.25, 0.3) is 5.57 Å². The first-order chi connectivity index (χ1) is 12.7. The van der Waals surface area contributed by atoms with E-state index in [0.29, 0.717) is 0 Å². The Morgan fingerprint density at radius 3 is 1.88 bits per heavy atom. The Morgan fingerprint density at radius 1 is 0.731 bits per heavy atom. The molecule has 2 heteroatoms. The second-order valence-corrected chi connectivity index (χ2v) is 11.7. The minimum absolute atomic E-state index is 0.108. The molecule has 130 valence electrons. The van der Waals surface area contributed by atoms with Gasteiger partial charge in [0.25, 0.3) is 0 Å². The molecule has 1 atom stereocenters. The van der Waals surface area contributed by atoms with Gasteiger partial charge in [-0.25, -0.2) is 0 Å². The molecule has 0 aromatic heterocycles. The highest BCUT2D eigenvalue weighted by molar-refractivity contribution is 6.95. The van der Waals surface area contributed by atoms with E-state index < -0.39 is 8.07 Å². The fourth-order valence-electron chi connectivity index (χ4n) is 3.79. The molecule has 1 nitrogen and oxygen atoms in total. The predicted octanol–water partition coefficient (Wildman–Crippen LogP) is 5.71. The van der Waals surface area contributed by atoms with Crippen LogP contribution in [-0.2, 0) is 4.74 Å². The molecule has 0 aliphatic carbocycles. The van der Waals surface area contributed by atoms with Crippen LogP contribution >= 0.6 is 0 Å². The molecular formula is C24H24OSi. The van der Waals surface area contributed by atoms with Crippen molar-refractivity contribution in [2.24, 2.45) is 0 Å². The van der Waals surface area contributed by atoms with Gasteiger partial charge in [0.2, 0.25) is 0 Å². The van der Waals surface area contributed by atoms with Crippen molar-refractivity contribution < 1.29 is 4.74 Å². The lowest BCUT2D eigenvalue weighted by Gasteiger charge is -2.26. The van der Waals surface area contributed by atoms with Crippen molar-refractivity contribution in [2.75, 3.05) is 0 Å². The Morgan fingerprint density at radius 2 is 1.27 bits per heavy atom. The first-order valence-corrected chi connectivity index (χ1v) is 12.2. The molecule has 1 heterocycles. The number of hydrogen-bond acceptors (Lipinski definition) is 1. The van der Waals surface area contributed by atoms with E-state index in [1.807, 2.05) is 0 Å². The van der Waals surface area contributed by atoms with E-state index in [2.05, 4.69) is 104 Å². The third-order valence-electron chi connectivity index (χ3n) is 5.28. The molecule has 0 amide bonds. The minimum atomic E-state index is -1.91. The largest absolute Gasteiger partial charge is 0.494 e. The van der Waals surface area contributed by atoms with Gasteiger partial charge in [0.15, 0.2) is 8.07 Å². The Hall–Kier alpha value is -2.58. The first-order valence-electron chi connectivity index (χ1n) is 9.22. The highest BCUT2D eigenvalue weighted by atomic mass is 28.3. The van der Waals surface area contributed by atoms with E-state index in [4.69, 9.17) is 4.74 Å². The van der Waals surface area contributed by atoms with Crippen molar-refractivity contribution in [1.29, 1.82) is 0 Å². The predicted molar refractivity (Wildman–Crippen MR) is 112 cm³/mol. The summed E-state index contributed by atoms with van der Waals surface area (Å²) >= 11 is 0. The van der Waals surface area contributed by atoms with Crippen molar-refractivity contribution >= 4 is 18.8 Å². The summed E-state index contributed by atoms with van der Waals surface area (Å²) in [6.45, 7) is 4.79. The standard InChI is InChI=1S/C24H24OSi/c1-26(2,21-16-10-5-11-17-21)24-22(19-12-6-3-7-13-19)18-23(25-24)20-14-8-4-9-15-20/h3-17,23H,18H2,1-2H3. The van der Waals surface area contributed by atoms with E-state index in [-0.39, 0.29) is 6.10 Å². The van der Waals surface area contributed by atoms with Gasteiger partial charge < -0.3 is 4.74 Å². The van der Waals surface area contributed by atoms with Crippen molar-refractivity contribution in [2.45, 2.75) is 25.6 Å².